The van der Waals surface area contributed by atoms with Crippen LogP contribution in [0.15, 0.2) is 47.3 Å². The molecule has 0 amide bonds. The molecule has 26 heavy (non-hydrogen) atoms. The Morgan fingerprint density at radius 1 is 1.08 bits per heavy atom. The van der Waals surface area contributed by atoms with E-state index < -0.39 is 0 Å². The quantitative estimate of drug-likeness (QED) is 0.710. The summed E-state index contributed by atoms with van der Waals surface area (Å²) in [5.74, 6) is 0.700. The lowest BCUT2D eigenvalue weighted by molar-refractivity contribution is 0.359. The number of fused-ring (bicyclic) bond motifs is 3. The Morgan fingerprint density at radius 2 is 1.88 bits per heavy atom. The number of aromatic amines is 1. The summed E-state index contributed by atoms with van der Waals surface area (Å²) in [4.78, 5) is 22.5. The van der Waals surface area contributed by atoms with Crippen molar-refractivity contribution >= 4 is 22.5 Å². The van der Waals surface area contributed by atoms with E-state index in [0.29, 0.717) is 11.3 Å². The van der Waals surface area contributed by atoms with E-state index in [1.54, 1.807) is 0 Å². The van der Waals surface area contributed by atoms with Crippen LogP contribution in [0.3, 0.4) is 0 Å². The fourth-order valence-corrected chi connectivity index (χ4v) is 4.50. The van der Waals surface area contributed by atoms with E-state index in [9.17, 15) is 4.79 Å². The maximum Gasteiger partial charge on any atom is 0.260 e. The second kappa shape index (κ2) is 5.59. The van der Waals surface area contributed by atoms with Gasteiger partial charge in [-0.3, -0.25) is 9.78 Å². The molecule has 3 aromatic rings. The Bertz CT molecular complexity index is 1050. The first kappa shape index (κ1) is 15.4. The maximum atomic E-state index is 12.5. The first-order valence-corrected chi connectivity index (χ1v) is 9.24. The van der Waals surface area contributed by atoms with Crippen LogP contribution in [-0.2, 0) is 5.41 Å². The van der Waals surface area contributed by atoms with Gasteiger partial charge in [-0.05, 0) is 43.0 Å². The lowest BCUT2D eigenvalue weighted by atomic mass is 9.74. The van der Waals surface area contributed by atoms with E-state index >= 15 is 0 Å². The van der Waals surface area contributed by atoms with Gasteiger partial charge in [0.25, 0.3) is 5.56 Å². The minimum atomic E-state index is -0.0538. The molecule has 2 aliphatic rings. The van der Waals surface area contributed by atoms with Crippen LogP contribution in [0.5, 0.6) is 0 Å². The average Bonchev–Trinajstić information content (AvgIpc) is 3.02. The lowest BCUT2D eigenvalue weighted by Crippen LogP contribution is -2.44. The monoisotopic (exact) mass is 346 g/mol. The molecule has 2 N–H and O–H groups in total. The number of aromatic nitrogens is 2. The standard InChI is InChI=1S/C21H22N4O/c1-14-5-4-6-15-18(14)23-20(24-19(15)26)25-11-9-21(10-12-25)13-22-17-8-3-2-7-16(17)21/h2-8,22H,9-13H2,1H3,(H,23,24,26). The van der Waals surface area contributed by atoms with Gasteiger partial charge in [0.1, 0.15) is 0 Å². The molecule has 0 aliphatic carbocycles. The molecule has 5 heteroatoms. The minimum Gasteiger partial charge on any atom is -0.384 e. The molecule has 0 atom stereocenters. The molecule has 5 rings (SSSR count). The summed E-state index contributed by atoms with van der Waals surface area (Å²) in [6, 6.07) is 14.4. The van der Waals surface area contributed by atoms with Crippen molar-refractivity contribution in [1.82, 2.24) is 9.97 Å². The number of para-hydroxylation sites is 2. The highest BCUT2D eigenvalue weighted by Gasteiger charge is 2.41. The number of nitrogens with one attached hydrogen (secondary N) is 2. The van der Waals surface area contributed by atoms with Crippen LogP contribution in [0.25, 0.3) is 10.9 Å². The number of rotatable bonds is 1. The fraction of sp³-hybridized carbons (Fsp3) is 0.333. The van der Waals surface area contributed by atoms with Crippen molar-refractivity contribution in [3.63, 3.8) is 0 Å². The third-order valence-electron chi connectivity index (χ3n) is 6.06. The summed E-state index contributed by atoms with van der Waals surface area (Å²) >= 11 is 0. The normalized spacial score (nSPS) is 18.1. The second-order valence-electron chi connectivity index (χ2n) is 7.53. The topological polar surface area (TPSA) is 61.0 Å². The van der Waals surface area contributed by atoms with Gasteiger partial charge in [-0.15, -0.1) is 0 Å². The Kier molecular flexibility index (Phi) is 3.32. The van der Waals surface area contributed by atoms with Gasteiger partial charge in [-0.1, -0.05) is 30.3 Å². The van der Waals surface area contributed by atoms with Gasteiger partial charge < -0.3 is 10.2 Å². The summed E-state index contributed by atoms with van der Waals surface area (Å²) in [7, 11) is 0. The Morgan fingerprint density at radius 3 is 2.73 bits per heavy atom. The van der Waals surface area contributed by atoms with Crippen LogP contribution in [0, 0.1) is 6.92 Å². The number of hydrogen-bond donors (Lipinski definition) is 2. The zero-order valence-corrected chi connectivity index (χ0v) is 14.9. The molecule has 1 fully saturated rings. The molecule has 1 spiro atoms. The van der Waals surface area contributed by atoms with Crippen LogP contribution in [0.4, 0.5) is 11.6 Å². The van der Waals surface area contributed by atoms with Crippen LogP contribution >= 0.6 is 0 Å². The third-order valence-corrected chi connectivity index (χ3v) is 6.06. The molecule has 1 aromatic heterocycles. The van der Waals surface area contributed by atoms with Gasteiger partial charge >= 0.3 is 0 Å². The molecular weight excluding hydrogens is 324 g/mol. The minimum absolute atomic E-state index is 0.0538. The number of benzene rings is 2. The van der Waals surface area contributed by atoms with Crippen molar-refractivity contribution in [2.24, 2.45) is 0 Å². The molecule has 5 nitrogen and oxygen atoms in total. The highest BCUT2D eigenvalue weighted by atomic mass is 16.1. The van der Waals surface area contributed by atoms with Crippen molar-refractivity contribution in [3.05, 3.63) is 63.9 Å². The zero-order valence-electron chi connectivity index (χ0n) is 14.9. The fourth-order valence-electron chi connectivity index (χ4n) is 4.50. The van der Waals surface area contributed by atoms with Crippen molar-refractivity contribution in [3.8, 4) is 0 Å². The van der Waals surface area contributed by atoms with Gasteiger partial charge in [0.15, 0.2) is 0 Å². The van der Waals surface area contributed by atoms with E-state index in [1.807, 2.05) is 25.1 Å². The van der Waals surface area contributed by atoms with Crippen molar-refractivity contribution in [2.45, 2.75) is 25.2 Å². The third kappa shape index (κ3) is 2.23. The van der Waals surface area contributed by atoms with Gasteiger partial charge in [-0.25, -0.2) is 4.98 Å². The van der Waals surface area contributed by atoms with E-state index in [4.69, 9.17) is 4.98 Å². The van der Waals surface area contributed by atoms with Crippen LogP contribution in [0.1, 0.15) is 24.0 Å². The summed E-state index contributed by atoms with van der Waals surface area (Å²) < 4.78 is 0. The average molecular weight is 346 g/mol. The smallest absolute Gasteiger partial charge is 0.260 e. The Balaban J connectivity index is 1.46. The molecular formula is C21H22N4O. The van der Waals surface area contributed by atoms with Gasteiger partial charge in [0.05, 0.1) is 10.9 Å². The van der Waals surface area contributed by atoms with Crippen LogP contribution < -0.4 is 15.8 Å². The molecule has 0 bridgehead atoms. The van der Waals surface area contributed by atoms with Gasteiger partial charge in [-0.2, -0.15) is 0 Å². The zero-order chi connectivity index (χ0) is 17.7. The van der Waals surface area contributed by atoms with Crippen molar-refractivity contribution < 1.29 is 0 Å². The summed E-state index contributed by atoms with van der Waals surface area (Å²) in [5.41, 5.74) is 4.71. The Labute approximate surface area is 152 Å². The van der Waals surface area contributed by atoms with E-state index in [1.165, 1.54) is 11.3 Å². The molecule has 0 unspecified atom stereocenters. The number of anilines is 2. The van der Waals surface area contributed by atoms with Crippen LogP contribution in [0.2, 0.25) is 0 Å². The first-order valence-electron chi connectivity index (χ1n) is 9.24. The van der Waals surface area contributed by atoms with Gasteiger partial charge in [0.2, 0.25) is 5.95 Å². The largest absolute Gasteiger partial charge is 0.384 e. The molecule has 0 radical (unpaired) electrons. The summed E-state index contributed by atoms with van der Waals surface area (Å²) in [5, 5.41) is 4.23. The second-order valence-corrected chi connectivity index (χ2v) is 7.53. The SMILES string of the molecule is Cc1cccc2c(=O)[nH]c(N3CCC4(CC3)CNc3ccccc34)nc12. The molecule has 132 valence electrons. The predicted octanol–water partition coefficient (Wildman–Crippen LogP) is 3.20. The highest BCUT2D eigenvalue weighted by molar-refractivity contribution is 5.81. The van der Waals surface area contributed by atoms with Crippen LogP contribution in [-0.4, -0.2) is 29.6 Å². The maximum absolute atomic E-state index is 12.5. The predicted molar refractivity (Wildman–Crippen MR) is 105 cm³/mol. The van der Waals surface area contributed by atoms with E-state index in [2.05, 4.69) is 39.5 Å². The highest BCUT2D eigenvalue weighted by Crippen LogP contribution is 2.44. The lowest BCUT2D eigenvalue weighted by Gasteiger charge is -2.39. The molecule has 2 aliphatic heterocycles. The summed E-state index contributed by atoms with van der Waals surface area (Å²) in [6.45, 7) is 4.80. The first-order chi connectivity index (χ1) is 12.7. The molecule has 2 aromatic carbocycles. The number of nitrogens with zero attached hydrogens (tertiary/aromatic N) is 2. The molecule has 1 saturated heterocycles. The number of aryl methyl sites for hydroxylation is 1. The van der Waals surface area contributed by atoms with E-state index in [0.717, 1.165) is 43.6 Å². The number of hydrogen-bond acceptors (Lipinski definition) is 4. The number of H-pyrrole nitrogens is 1. The number of piperidine rings is 1. The Hall–Kier alpha value is -2.82. The van der Waals surface area contributed by atoms with Gasteiger partial charge in [0, 0.05) is 30.7 Å². The van der Waals surface area contributed by atoms with Crippen molar-refractivity contribution in [2.75, 3.05) is 29.9 Å². The molecule has 3 heterocycles. The molecule has 0 saturated carbocycles. The summed E-state index contributed by atoms with van der Waals surface area (Å²) in [6.07, 6.45) is 2.12. The van der Waals surface area contributed by atoms with E-state index in [-0.39, 0.29) is 11.0 Å². The van der Waals surface area contributed by atoms with Crippen molar-refractivity contribution in [1.29, 1.82) is 0 Å².